The number of hydrogen-bond acceptors (Lipinski definition) is 2. The molecule has 0 saturated carbocycles. The molecule has 0 unspecified atom stereocenters. The summed E-state index contributed by atoms with van der Waals surface area (Å²) in [6, 6.07) is 32.7. The molecule has 0 amide bonds. The van der Waals surface area contributed by atoms with E-state index in [0.717, 1.165) is 11.7 Å². The third kappa shape index (κ3) is 5.24. The third-order valence-electron chi connectivity index (χ3n) is 5.08. The fraction of sp³-hybridized carbons (Fsp3) is 0.200. The van der Waals surface area contributed by atoms with Crippen molar-refractivity contribution in [2.75, 3.05) is 20.4 Å². The van der Waals surface area contributed by atoms with Crippen LogP contribution in [0.25, 0.3) is 0 Å². The predicted octanol–water partition coefficient (Wildman–Crippen LogP) is 1.55. The van der Waals surface area contributed by atoms with Crippen LogP contribution >= 0.6 is 7.26 Å². The Morgan fingerprint density at radius 3 is 1.38 bits per heavy atom. The molecule has 0 aromatic heterocycles. The molecule has 0 N–H and O–H groups in total. The minimum atomic E-state index is -1.86. The van der Waals surface area contributed by atoms with E-state index in [2.05, 4.69) is 104 Å². The molecule has 0 atom stereocenters. The fourth-order valence-electron chi connectivity index (χ4n) is 3.66. The molecular weight excluding hydrogens is 443 g/mol. The van der Waals surface area contributed by atoms with Crippen molar-refractivity contribution in [1.29, 1.82) is 0 Å². The Balaban J connectivity index is 0.00000300. The summed E-state index contributed by atoms with van der Waals surface area (Å²) in [5.41, 5.74) is 1.09. The number of hydrogen-bond donors (Lipinski definition) is 0. The van der Waals surface area contributed by atoms with Crippen LogP contribution in [0.15, 0.2) is 103 Å². The van der Waals surface area contributed by atoms with E-state index in [4.69, 9.17) is 9.47 Å². The smallest absolute Gasteiger partial charge is 0.178 e. The second-order valence-electron chi connectivity index (χ2n) is 6.75. The molecule has 0 aliphatic carbocycles. The van der Waals surface area contributed by atoms with E-state index in [1.165, 1.54) is 15.9 Å². The van der Waals surface area contributed by atoms with Gasteiger partial charge in [-0.15, -0.1) is 0 Å². The highest BCUT2D eigenvalue weighted by Crippen LogP contribution is 2.55. The summed E-state index contributed by atoms with van der Waals surface area (Å²) in [5, 5.41) is 4.13. The van der Waals surface area contributed by atoms with Crippen LogP contribution < -0.4 is 32.9 Å². The monoisotopic (exact) mass is 470 g/mol. The van der Waals surface area contributed by atoms with Crippen LogP contribution in [0, 0.1) is 0 Å². The lowest BCUT2D eigenvalue weighted by Crippen LogP contribution is -3.00. The zero-order valence-corrected chi connectivity index (χ0v) is 19.6. The minimum absolute atomic E-state index is 0. The molecule has 0 fully saturated rings. The molecule has 29 heavy (non-hydrogen) atoms. The first-order valence-corrected chi connectivity index (χ1v) is 11.5. The Labute approximate surface area is 185 Å². The second-order valence-corrected chi connectivity index (χ2v) is 10.3. The molecular formula is C25H28BrO2P. The number of benzene rings is 3. The van der Waals surface area contributed by atoms with Gasteiger partial charge >= 0.3 is 0 Å². The first kappa shape index (κ1) is 23.5. The van der Waals surface area contributed by atoms with Gasteiger partial charge in [-0.05, 0) is 55.0 Å². The Bertz CT molecular complexity index is 782. The van der Waals surface area contributed by atoms with E-state index in [0.29, 0.717) is 0 Å². The maximum Gasteiger partial charge on any atom is 0.178 e. The Morgan fingerprint density at radius 2 is 1.07 bits per heavy atom. The SMILES string of the molecule is COC(OC)/C(C)=C/C[P+](c1ccccc1)(c1ccccc1)c1ccccc1.[Br-]. The molecule has 0 heterocycles. The largest absolute Gasteiger partial charge is 1.00 e. The van der Waals surface area contributed by atoms with Crippen LogP contribution in [-0.2, 0) is 9.47 Å². The number of methoxy groups -OCH3 is 2. The summed E-state index contributed by atoms with van der Waals surface area (Å²) in [6.07, 6.45) is 2.89. The molecule has 0 spiro atoms. The summed E-state index contributed by atoms with van der Waals surface area (Å²) in [5.74, 6) is 0. The molecule has 0 radical (unpaired) electrons. The highest BCUT2D eigenvalue weighted by atomic mass is 79.9. The van der Waals surface area contributed by atoms with Gasteiger partial charge in [0.15, 0.2) is 6.29 Å². The maximum atomic E-state index is 5.47. The fourth-order valence-corrected chi connectivity index (χ4v) is 7.79. The summed E-state index contributed by atoms with van der Waals surface area (Å²) in [7, 11) is 1.50. The highest BCUT2D eigenvalue weighted by Gasteiger charge is 2.44. The van der Waals surface area contributed by atoms with Gasteiger partial charge in [-0.2, -0.15) is 0 Å². The Morgan fingerprint density at radius 1 is 0.724 bits per heavy atom. The maximum absolute atomic E-state index is 5.47. The summed E-state index contributed by atoms with van der Waals surface area (Å²) in [6.45, 7) is 2.08. The van der Waals surface area contributed by atoms with Crippen LogP contribution in [0.5, 0.6) is 0 Å². The van der Waals surface area contributed by atoms with Crippen molar-refractivity contribution < 1.29 is 26.5 Å². The highest BCUT2D eigenvalue weighted by molar-refractivity contribution is 7.95. The zero-order chi connectivity index (χ0) is 19.8. The Kier molecular flexibility index (Phi) is 9.26. The number of halogens is 1. The van der Waals surface area contributed by atoms with Gasteiger partial charge in [0.25, 0.3) is 0 Å². The summed E-state index contributed by atoms with van der Waals surface area (Å²) < 4.78 is 10.9. The zero-order valence-electron chi connectivity index (χ0n) is 17.2. The van der Waals surface area contributed by atoms with Crippen molar-refractivity contribution in [2.45, 2.75) is 13.2 Å². The van der Waals surface area contributed by atoms with Crippen molar-refractivity contribution in [3.05, 3.63) is 103 Å². The normalized spacial score (nSPS) is 11.9. The third-order valence-corrected chi connectivity index (χ3v) is 9.35. The molecule has 0 saturated heterocycles. The molecule has 4 heteroatoms. The van der Waals surface area contributed by atoms with Gasteiger partial charge in [-0.25, -0.2) is 0 Å². The molecule has 2 nitrogen and oxygen atoms in total. The number of ether oxygens (including phenoxy) is 2. The average molecular weight is 471 g/mol. The van der Waals surface area contributed by atoms with E-state index < -0.39 is 7.26 Å². The van der Waals surface area contributed by atoms with E-state index >= 15 is 0 Å². The second kappa shape index (κ2) is 11.4. The van der Waals surface area contributed by atoms with Crippen molar-refractivity contribution >= 4 is 23.2 Å². The lowest BCUT2D eigenvalue weighted by atomic mass is 10.3. The number of allylic oxidation sites excluding steroid dienone is 1. The molecule has 3 rings (SSSR count). The first-order valence-electron chi connectivity index (χ1n) is 9.49. The van der Waals surface area contributed by atoms with Crippen LogP contribution in [0.2, 0.25) is 0 Å². The Hall–Kier alpha value is -1.77. The average Bonchev–Trinajstić information content (AvgIpc) is 2.77. The van der Waals surface area contributed by atoms with Gasteiger partial charge < -0.3 is 26.5 Å². The quantitative estimate of drug-likeness (QED) is 0.282. The standard InChI is InChI=1S/C25H28O2P.BrH/c1-21(25(26-2)27-3)19-20-28(22-13-7-4-8-14-22,23-15-9-5-10-16-23)24-17-11-6-12-18-24;/h4-19,25H,20H2,1-3H3;1H/q+1;/p-1/b21-19+;. The molecule has 3 aromatic rings. The number of rotatable bonds is 8. The first-order chi connectivity index (χ1) is 13.7. The molecule has 0 bridgehead atoms. The topological polar surface area (TPSA) is 18.5 Å². The summed E-state index contributed by atoms with van der Waals surface area (Å²) in [4.78, 5) is 0. The van der Waals surface area contributed by atoms with Gasteiger partial charge in [0, 0.05) is 14.2 Å². The van der Waals surface area contributed by atoms with Gasteiger partial charge in [0.2, 0.25) is 0 Å². The van der Waals surface area contributed by atoms with Gasteiger partial charge in [-0.3, -0.25) is 0 Å². The van der Waals surface area contributed by atoms with Crippen LogP contribution in [0.3, 0.4) is 0 Å². The van der Waals surface area contributed by atoms with Gasteiger partial charge in [-0.1, -0.05) is 54.6 Å². The lowest BCUT2D eigenvalue weighted by Gasteiger charge is -2.27. The van der Waals surface area contributed by atoms with Gasteiger partial charge in [0.1, 0.15) is 23.2 Å². The van der Waals surface area contributed by atoms with Crippen molar-refractivity contribution in [1.82, 2.24) is 0 Å². The van der Waals surface area contributed by atoms with E-state index in [-0.39, 0.29) is 23.3 Å². The predicted molar refractivity (Wildman–Crippen MR) is 122 cm³/mol. The van der Waals surface area contributed by atoms with Crippen molar-refractivity contribution in [3.8, 4) is 0 Å². The van der Waals surface area contributed by atoms with Crippen LogP contribution in [0.1, 0.15) is 6.92 Å². The van der Waals surface area contributed by atoms with Crippen LogP contribution in [0.4, 0.5) is 0 Å². The molecule has 0 aliphatic rings. The molecule has 152 valence electrons. The molecule has 0 aliphatic heterocycles. The van der Waals surface area contributed by atoms with Crippen LogP contribution in [-0.4, -0.2) is 26.7 Å². The van der Waals surface area contributed by atoms with E-state index in [1.807, 2.05) is 0 Å². The summed E-state index contributed by atoms with van der Waals surface area (Å²) >= 11 is 0. The minimum Gasteiger partial charge on any atom is -1.00 e. The lowest BCUT2D eigenvalue weighted by molar-refractivity contribution is -0.0747. The van der Waals surface area contributed by atoms with Crippen molar-refractivity contribution in [3.63, 3.8) is 0 Å². The van der Waals surface area contributed by atoms with E-state index in [1.54, 1.807) is 14.2 Å². The molecule has 3 aromatic carbocycles. The van der Waals surface area contributed by atoms with Gasteiger partial charge in [0.05, 0.1) is 6.16 Å². The van der Waals surface area contributed by atoms with Crippen molar-refractivity contribution in [2.24, 2.45) is 0 Å². The van der Waals surface area contributed by atoms with E-state index in [9.17, 15) is 0 Å².